The number of aromatic nitrogens is 1. The number of nitrogens with one attached hydrogen (secondary N) is 3. The van der Waals surface area contributed by atoms with Crippen molar-refractivity contribution in [3.05, 3.63) is 60.4 Å². The highest BCUT2D eigenvalue weighted by Crippen LogP contribution is 2.19. The van der Waals surface area contributed by atoms with E-state index in [1.54, 1.807) is 24.5 Å². The van der Waals surface area contributed by atoms with Gasteiger partial charge in [-0.3, -0.25) is 14.7 Å². The van der Waals surface area contributed by atoms with Crippen LogP contribution in [0.2, 0.25) is 0 Å². The lowest BCUT2D eigenvalue weighted by atomic mass is 10.2. The van der Waals surface area contributed by atoms with Crippen LogP contribution in [-0.4, -0.2) is 54.0 Å². The molecule has 1 aromatic heterocycles. The molecule has 7 nitrogen and oxygen atoms in total. The number of pyridine rings is 1. The molecular formula is C22H31IN6O. The molecule has 1 saturated heterocycles. The van der Waals surface area contributed by atoms with Crippen LogP contribution in [0.15, 0.2) is 59.9 Å². The third kappa shape index (κ3) is 7.91. The van der Waals surface area contributed by atoms with Crippen molar-refractivity contribution in [2.24, 2.45) is 4.99 Å². The number of likely N-dealkylation sites (tertiary alicyclic amines) is 1. The monoisotopic (exact) mass is 522 g/mol. The Morgan fingerprint density at radius 1 is 1.20 bits per heavy atom. The maximum atomic E-state index is 12.1. The second-order valence-corrected chi connectivity index (χ2v) is 7.12. The minimum Gasteiger partial charge on any atom is -0.357 e. The molecule has 1 fully saturated rings. The van der Waals surface area contributed by atoms with Crippen molar-refractivity contribution in [1.29, 1.82) is 0 Å². The standard InChI is InChI=1S/C22H30N6O.HI/c1-2-24-22(26-16-21(29)27-19-10-6-12-23-14-19)25-15-20-11-7-13-28(20)17-18-8-4-3-5-9-18;/h3-6,8-10,12,14,20H,2,7,11,13,15-17H2,1H3,(H,27,29)(H2,24,25,26);1H. The summed E-state index contributed by atoms with van der Waals surface area (Å²) in [4.78, 5) is 23.1. The molecule has 8 heteroatoms. The Hall–Kier alpha value is -2.20. The third-order valence-corrected chi connectivity index (χ3v) is 4.90. The molecule has 3 rings (SSSR count). The van der Waals surface area contributed by atoms with E-state index in [1.165, 1.54) is 18.4 Å². The minimum absolute atomic E-state index is 0. The van der Waals surface area contributed by atoms with E-state index < -0.39 is 0 Å². The van der Waals surface area contributed by atoms with Crippen molar-refractivity contribution < 1.29 is 4.79 Å². The number of guanidine groups is 1. The molecule has 3 N–H and O–H groups in total. The maximum Gasteiger partial charge on any atom is 0.246 e. The number of hydrogen-bond donors (Lipinski definition) is 3. The average molecular weight is 522 g/mol. The van der Waals surface area contributed by atoms with E-state index in [9.17, 15) is 4.79 Å². The second kappa shape index (κ2) is 13.2. The lowest BCUT2D eigenvalue weighted by Gasteiger charge is -2.25. The van der Waals surface area contributed by atoms with Gasteiger partial charge in [0.2, 0.25) is 5.91 Å². The summed E-state index contributed by atoms with van der Waals surface area (Å²) < 4.78 is 0. The molecule has 1 amide bonds. The summed E-state index contributed by atoms with van der Waals surface area (Å²) >= 11 is 0. The van der Waals surface area contributed by atoms with Gasteiger partial charge in [-0.05, 0) is 44.0 Å². The second-order valence-electron chi connectivity index (χ2n) is 7.12. The van der Waals surface area contributed by atoms with Crippen LogP contribution in [0, 0.1) is 0 Å². The SMILES string of the molecule is CCNC(=NCC(=O)Nc1cccnc1)NCC1CCCN1Cc1ccccc1.I. The van der Waals surface area contributed by atoms with Crippen LogP contribution in [0.1, 0.15) is 25.3 Å². The molecule has 1 aliphatic heterocycles. The van der Waals surface area contributed by atoms with E-state index in [4.69, 9.17) is 0 Å². The summed E-state index contributed by atoms with van der Waals surface area (Å²) in [6.07, 6.45) is 5.67. The zero-order chi connectivity index (χ0) is 20.3. The van der Waals surface area contributed by atoms with Crippen molar-refractivity contribution in [1.82, 2.24) is 20.5 Å². The van der Waals surface area contributed by atoms with Crippen LogP contribution in [-0.2, 0) is 11.3 Å². The van der Waals surface area contributed by atoms with Gasteiger partial charge in [0.15, 0.2) is 5.96 Å². The van der Waals surface area contributed by atoms with Crippen molar-refractivity contribution in [3.63, 3.8) is 0 Å². The smallest absolute Gasteiger partial charge is 0.246 e. The number of hydrogen-bond acceptors (Lipinski definition) is 4. The number of halogens is 1. The van der Waals surface area contributed by atoms with Crippen molar-refractivity contribution in [2.75, 3.05) is 31.5 Å². The first-order chi connectivity index (χ1) is 14.2. The predicted octanol–water partition coefficient (Wildman–Crippen LogP) is 2.86. The van der Waals surface area contributed by atoms with E-state index in [1.807, 2.05) is 6.92 Å². The first-order valence-electron chi connectivity index (χ1n) is 10.2. The fourth-order valence-corrected chi connectivity index (χ4v) is 3.50. The highest BCUT2D eigenvalue weighted by atomic mass is 127. The van der Waals surface area contributed by atoms with E-state index in [2.05, 4.69) is 61.2 Å². The first kappa shape index (κ1) is 24.1. The fraction of sp³-hybridized carbons (Fsp3) is 0.409. The van der Waals surface area contributed by atoms with Crippen LogP contribution in [0.4, 0.5) is 5.69 Å². The van der Waals surface area contributed by atoms with Gasteiger partial charge in [-0.25, -0.2) is 4.99 Å². The van der Waals surface area contributed by atoms with E-state index in [0.29, 0.717) is 17.7 Å². The normalized spacial score (nSPS) is 16.6. The maximum absolute atomic E-state index is 12.1. The molecule has 0 saturated carbocycles. The van der Waals surface area contributed by atoms with Crippen molar-refractivity contribution in [2.45, 2.75) is 32.4 Å². The van der Waals surface area contributed by atoms with Crippen LogP contribution in [0.25, 0.3) is 0 Å². The highest BCUT2D eigenvalue weighted by Gasteiger charge is 2.24. The minimum atomic E-state index is -0.165. The van der Waals surface area contributed by atoms with Gasteiger partial charge in [-0.1, -0.05) is 30.3 Å². The Balaban J connectivity index is 0.00000320. The van der Waals surface area contributed by atoms with Gasteiger partial charge in [0, 0.05) is 31.9 Å². The van der Waals surface area contributed by atoms with E-state index in [-0.39, 0.29) is 36.4 Å². The molecule has 162 valence electrons. The number of aliphatic imine (C=N–C) groups is 1. The Labute approximate surface area is 195 Å². The average Bonchev–Trinajstić information content (AvgIpc) is 3.18. The van der Waals surface area contributed by atoms with E-state index >= 15 is 0 Å². The lowest BCUT2D eigenvalue weighted by molar-refractivity contribution is -0.114. The quantitative estimate of drug-likeness (QED) is 0.282. The molecule has 0 spiro atoms. The number of benzene rings is 1. The lowest BCUT2D eigenvalue weighted by Crippen LogP contribution is -2.45. The summed E-state index contributed by atoms with van der Waals surface area (Å²) in [6, 6.07) is 14.6. The van der Waals surface area contributed by atoms with Gasteiger partial charge in [0.1, 0.15) is 6.54 Å². The molecule has 30 heavy (non-hydrogen) atoms. The number of carbonyl (C=O) groups excluding carboxylic acids is 1. The topological polar surface area (TPSA) is 81.6 Å². The summed E-state index contributed by atoms with van der Waals surface area (Å²) in [5.41, 5.74) is 2.01. The van der Waals surface area contributed by atoms with Crippen LogP contribution in [0.5, 0.6) is 0 Å². The number of amides is 1. The Morgan fingerprint density at radius 2 is 2.03 bits per heavy atom. The van der Waals surface area contributed by atoms with Crippen molar-refractivity contribution in [3.8, 4) is 0 Å². The summed E-state index contributed by atoms with van der Waals surface area (Å²) in [6.45, 7) is 5.71. The first-order valence-corrected chi connectivity index (χ1v) is 10.2. The van der Waals surface area contributed by atoms with Crippen LogP contribution < -0.4 is 16.0 Å². The molecule has 0 aliphatic carbocycles. The van der Waals surface area contributed by atoms with Gasteiger partial charge in [0.05, 0.1) is 11.9 Å². The Bertz CT molecular complexity index is 787. The number of anilines is 1. The van der Waals surface area contributed by atoms with Gasteiger partial charge < -0.3 is 16.0 Å². The zero-order valence-electron chi connectivity index (χ0n) is 17.4. The largest absolute Gasteiger partial charge is 0.357 e. The van der Waals surface area contributed by atoms with Crippen LogP contribution in [0.3, 0.4) is 0 Å². The molecule has 0 bridgehead atoms. The summed E-state index contributed by atoms with van der Waals surface area (Å²) in [5, 5.41) is 9.42. The number of rotatable bonds is 8. The van der Waals surface area contributed by atoms with Gasteiger partial charge in [0.25, 0.3) is 0 Å². The molecule has 1 unspecified atom stereocenters. The van der Waals surface area contributed by atoms with Gasteiger partial charge >= 0.3 is 0 Å². The highest BCUT2D eigenvalue weighted by molar-refractivity contribution is 14.0. The molecular weight excluding hydrogens is 491 g/mol. The zero-order valence-corrected chi connectivity index (χ0v) is 19.7. The number of carbonyl (C=O) groups is 1. The number of nitrogens with zero attached hydrogens (tertiary/aromatic N) is 3. The molecule has 2 heterocycles. The molecule has 1 aromatic carbocycles. The molecule has 2 aromatic rings. The molecule has 1 atom stereocenters. The Morgan fingerprint density at radius 3 is 2.77 bits per heavy atom. The summed E-state index contributed by atoms with van der Waals surface area (Å²) in [5.74, 6) is 0.502. The molecule has 0 radical (unpaired) electrons. The molecule has 1 aliphatic rings. The summed E-state index contributed by atoms with van der Waals surface area (Å²) in [7, 11) is 0. The van der Waals surface area contributed by atoms with Gasteiger partial charge in [-0.15, -0.1) is 24.0 Å². The predicted molar refractivity (Wildman–Crippen MR) is 132 cm³/mol. The van der Waals surface area contributed by atoms with E-state index in [0.717, 1.165) is 26.2 Å². The van der Waals surface area contributed by atoms with Crippen molar-refractivity contribution >= 4 is 41.5 Å². The van der Waals surface area contributed by atoms with Crippen LogP contribution >= 0.6 is 24.0 Å². The van der Waals surface area contributed by atoms with Gasteiger partial charge in [-0.2, -0.15) is 0 Å². The third-order valence-electron chi connectivity index (χ3n) is 4.90. The Kier molecular flexibility index (Phi) is 10.6. The fourth-order valence-electron chi connectivity index (χ4n) is 3.50.